The summed E-state index contributed by atoms with van der Waals surface area (Å²) in [7, 11) is 0. The Bertz CT molecular complexity index is 693. The van der Waals surface area contributed by atoms with Gasteiger partial charge in [-0.3, -0.25) is 9.48 Å². The number of aromatic nitrogens is 2. The number of amides is 1. The topological polar surface area (TPSA) is 72.9 Å². The number of carbonyl (C=O) groups is 1. The van der Waals surface area contributed by atoms with E-state index in [2.05, 4.69) is 10.4 Å². The van der Waals surface area contributed by atoms with E-state index in [1.54, 1.807) is 11.6 Å². The van der Waals surface area contributed by atoms with E-state index >= 15 is 0 Å². The molecule has 0 saturated carbocycles. The lowest BCUT2D eigenvalue weighted by molar-refractivity contribution is -0.119. The minimum atomic E-state index is -0.484. The number of benzene rings is 1. The van der Waals surface area contributed by atoms with Crippen LogP contribution in [0.1, 0.15) is 29.9 Å². The average Bonchev–Trinajstić information content (AvgIpc) is 2.68. The lowest BCUT2D eigenvalue weighted by Crippen LogP contribution is -2.25. The van der Waals surface area contributed by atoms with Crippen molar-refractivity contribution < 1.29 is 9.18 Å². The lowest BCUT2D eigenvalue weighted by Gasteiger charge is -2.15. The molecule has 1 unspecified atom stereocenters. The maximum atomic E-state index is 13.0. The molecule has 1 atom stereocenters. The Morgan fingerprint density at radius 3 is 2.57 bits per heavy atom. The van der Waals surface area contributed by atoms with Crippen LogP contribution in [-0.2, 0) is 4.79 Å². The van der Waals surface area contributed by atoms with Crippen molar-refractivity contribution in [3.63, 3.8) is 0 Å². The van der Waals surface area contributed by atoms with E-state index < -0.39 is 11.9 Å². The summed E-state index contributed by atoms with van der Waals surface area (Å²) in [6.45, 7) is 7.55. The lowest BCUT2D eigenvalue weighted by atomic mass is 10.2. The summed E-state index contributed by atoms with van der Waals surface area (Å²) in [6, 6.07) is 3.39. The number of aryl methyl sites for hydroxylation is 1. The number of hydrogen-bond acceptors (Lipinski definition) is 3. The molecular weight excluding hydrogens is 271 g/mol. The van der Waals surface area contributed by atoms with Gasteiger partial charge in [-0.05, 0) is 51.5 Å². The van der Waals surface area contributed by atoms with Crippen molar-refractivity contribution in [3.8, 4) is 0 Å². The highest BCUT2D eigenvalue weighted by molar-refractivity contribution is 5.96. The zero-order valence-corrected chi connectivity index (χ0v) is 12.6. The van der Waals surface area contributed by atoms with Crippen molar-refractivity contribution in [1.29, 1.82) is 0 Å². The van der Waals surface area contributed by atoms with Crippen LogP contribution in [0.3, 0.4) is 0 Å². The Labute approximate surface area is 123 Å². The number of carbonyl (C=O) groups excluding carboxylic acids is 1. The van der Waals surface area contributed by atoms with Gasteiger partial charge in [-0.2, -0.15) is 5.10 Å². The molecular formula is C15H19FN4O. The first kappa shape index (κ1) is 15.0. The molecule has 1 aromatic heterocycles. The van der Waals surface area contributed by atoms with Crippen LogP contribution in [0.2, 0.25) is 0 Å². The molecule has 2 aromatic rings. The van der Waals surface area contributed by atoms with E-state index in [0.29, 0.717) is 5.69 Å². The quantitative estimate of drug-likeness (QED) is 0.854. The molecule has 1 amide bonds. The van der Waals surface area contributed by atoms with Gasteiger partial charge in [0.25, 0.3) is 0 Å². The standard InChI is InChI=1S/C15H19FN4O/c1-8-9(2)19-20(10(8)3)11(4)15(21)18-14-6-5-12(16)7-13(14)17/h5-7,11H,17H2,1-4H3,(H,18,21). The maximum absolute atomic E-state index is 13.0. The van der Waals surface area contributed by atoms with Gasteiger partial charge >= 0.3 is 0 Å². The minimum absolute atomic E-state index is 0.195. The fourth-order valence-electron chi connectivity index (χ4n) is 2.12. The third-order valence-electron chi connectivity index (χ3n) is 3.70. The highest BCUT2D eigenvalue weighted by Gasteiger charge is 2.20. The van der Waals surface area contributed by atoms with E-state index in [1.807, 2.05) is 20.8 Å². The third kappa shape index (κ3) is 2.89. The van der Waals surface area contributed by atoms with Gasteiger partial charge in [0, 0.05) is 5.69 Å². The molecule has 0 saturated heterocycles. The van der Waals surface area contributed by atoms with Gasteiger partial charge in [-0.1, -0.05) is 0 Å². The maximum Gasteiger partial charge on any atom is 0.249 e. The first-order valence-electron chi connectivity index (χ1n) is 6.69. The molecule has 0 bridgehead atoms. The Morgan fingerprint density at radius 2 is 2.05 bits per heavy atom. The Hall–Kier alpha value is -2.37. The zero-order chi connectivity index (χ0) is 15.7. The molecule has 0 radical (unpaired) electrons. The highest BCUT2D eigenvalue weighted by Crippen LogP contribution is 2.22. The second-order valence-corrected chi connectivity index (χ2v) is 5.14. The van der Waals surface area contributed by atoms with Crippen molar-refractivity contribution in [2.45, 2.75) is 33.7 Å². The number of nitrogen functional groups attached to an aromatic ring is 1. The van der Waals surface area contributed by atoms with E-state index in [4.69, 9.17) is 5.73 Å². The van der Waals surface area contributed by atoms with Crippen LogP contribution >= 0.6 is 0 Å². The predicted molar refractivity (Wildman–Crippen MR) is 80.6 cm³/mol. The molecule has 1 aromatic carbocycles. The number of halogens is 1. The molecule has 2 rings (SSSR count). The second kappa shape index (κ2) is 5.55. The number of nitrogens with one attached hydrogen (secondary N) is 1. The number of nitrogens with zero attached hydrogens (tertiary/aromatic N) is 2. The summed E-state index contributed by atoms with van der Waals surface area (Å²) in [5.74, 6) is -0.688. The smallest absolute Gasteiger partial charge is 0.249 e. The van der Waals surface area contributed by atoms with Gasteiger partial charge in [0.1, 0.15) is 11.9 Å². The Balaban J connectivity index is 2.21. The monoisotopic (exact) mass is 290 g/mol. The molecule has 5 nitrogen and oxygen atoms in total. The van der Waals surface area contributed by atoms with Gasteiger partial charge < -0.3 is 11.1 Å². The molecule has 0 spiro atoms. The van der Waals surface area contributed by atoms with Crippen molar-refractivity contribution in [2.75, 3.05) is 11.1 Å². The molecule has 21 heavy (non-hydrogen) atoms. The summed E-state index contributed by atoms with van der Waals surface area (Å²) < 4.78 is 14.7. The van der Waals surface area contributed by atoms with Gasteiger partial charge in [0.15, 0.2) is 0 Å². The van der Waals surface area contributed by atoms with Crippen molar-refractivity contribution in [3.05, 3.63) is 41.0 Å². The normalized spacial score (nSPS) is 12.2. The molecule has 0 aliphatic heterocycles. The van der Waals surface area contributed by atoms with Gasteiger partial charge in [-0.15, -0.1) is 0 Å². The predicted octanol–water partition coefficient (Wildman–Crippen LogP) is 2.73. The van der Waals surface area contributed by atoms with E-state index in [1.165, 1.54) is 18.2 Å². The Kier molecular flexibility index (Phi) is 3.97. The molecule has 0 fully saturated rings. The van der Waals surface area contributed by atoms with Crippen LogP contribution in [0, 0.1) is 26.6 Å². The molecule has 1 heterocycles. The SMILES string of the molecule is Cc1nn(C(C)C(=O)Nc2ccc(F)cc2N)c(C)c1C. The van der Waals surface area contributed by atoms with Crippen LogP contribution in [0.5, 0.6) is 0 Å². The highest BCUT2D eigenvalue weighted by atomic mass is 19.1. The summed E-state index contributed by atoms with van der Waals surface area (Å²) in [5.41, 5.74) is 9.19. The van der Waals surface area contributed by atoms with Crippen LogP contribution < -0.4 is 11.1 Å². The van der Waals surface area contributed by atoms with E-state index in [-0.39, 0.29) is 11.6 Å². The second-order valence-electron chi connectivity index (χ2n) is 5.14. The molecule has 112 valence electrons. The van der Waals surface area contributed by atoms with Gasteiger partial charge in [0.05, 0.1) is 17.1 Å². The summed E-state index contributed by atoms with van der Waals surface area (Å²) >= 11 is 0. The number of hydrogen-bond donors (Lipinski definition) is 2. The number of anilines is 2. The molecule has 0 aliphatic carbocycles. The zero-order valence-electron chi connectivity index (χ0n) is 12.6. The largest absolute Gasteiger partial charge is 0.397 e. The summed E-state index contributed by atoms with van der Waals surface area (Å²) in [4.78, 5) is 12.3. The van der Waals surface area contributed by atoms with Crippen molar-refractivity contribution >= 4 is 17.3 Å². The van der Waals surface area contributed by atoms with Crippen LogP contribution in [0.4, 0.5) is 15.8 Å². The number of nitrogens with two attached hydrogens (primary N) is 1. The van der Waals surface area contributed by atoms with E-state index in [9.17, 15) is 9.18 Å². The fourth-order valence-corrected chi connectivity index (χ4v) is 2.12. The van der Waals surface area contributed by atoms with Crippen molar-refractivity contribution in [2.24, 2.45) is 0 Å². The van der Waals surface area contributed by atoms with E-state index in [0.717, 1.165) is 17.0 Å². The molecule has 0 aliphatic rings. The molecule has 3 N–H and O–H groups in total. The molecule has 6 heteroatoms. The van der Waals surface area contributed by atoms with Crippen LogP contribution in [0.25, 0.3) is 0 Å². The van der Waals surface area contributed by atoms with Crippen molar-refractivity contribution in [1.82, 2.24) is 9.78 Å². The average molecular weight is 290 g/mol. The first-order valence-corrected chi connectivity index (χ1v) is 6.69. The first-order chi connectivity index (χ1) is 9.81. The minimum Gasteiger partial charge on any atom is -0.397 e. The summed E-state index contributed by atoms with van der Waals surface area (Å²) in [6.07, 6.45) is 0. The van der Waals surface area contributed by atoms with Crippen LogP contribution in [0.15, 0.2) is 18.2 Å². The van der Waals surface area contributed by atoms with Gasteiger partial charge in [0.2, 0.25) is 5.91 Å². The summed E-state index contributed by atoms with van der Waals surface area (Å²) in [5, 5.41) is 7.07. The third-order valence-corrected chi connectivity index (χ3v) is 3.70. The van der Waals surface area contributed by atoms with Gasteiger partial charge in [-0.25, -0.2) is 4.39 Å². The number of rotatable bonds is 3. The Morgan fingerprint density at radius 1 is 1.38 bits per heavy atom. The van der Waals surface area contributed by atoms with Crippen LogP contribution in [-0.4, -0.2) is 15.7 Å². The fraction of sp³-hybridized carbons (Fsp3) is 0.333.